The van der Waals surface area contributed by atoms with Gasteiger partial charge in [-0.15, -0.1) is 23.2 Å². The van der Waals surface area contributed by atoms with E-state index >= 15 is 0 Å². The standard InChI is InChI=1S/C26H18Cl5FN2O3/c1-37-33-12-13-2-3-14(21(32)6-13)9-22(35)19-11-18(4-5-20(19)29)34-25(36)24-23(26(24,30)31)15-7-16(27)10-17(28)8-15/h2-8,10-12,23-24H,9H2,1H3,(H,34,36)/b33-12+. The third kappa shape index (κ3) is 6.21. The van der Waals surface area contributed by atoms with Gasteiger partial charge in [0.2, 0.25) is 5.91 Å². The van der Waals surface area contributed by atoms with Gasteiger partial charge in [0, 0.05) is 33.6 Å². The fraction of sp³-hybridized carbons (Fsp3) is 0.192. The average Bonchev–Trinajstić information content (AvgIpc) is 3.41. The molecule has 0 spiro atoms. The molecule has 5 nitrogen and oxygen atoms in total. The Balaban J connectivity index is 1.49. The quantitative estimate of drug-likeness (QED) is 0.124. The number of carbonyl (C=O) groups excluding carboxylic acids is 2. The number of oxime groups is 1. The molecule has 1 amide bonds. The summed E-state index contributed by atoms with van der Waals surface area (Å²) in [4.78, 5) is 30.6. The van der Waals surface area contributed by atoms with Gasteiger partial charge in [-0.25, -0.2) is 4.39 Å². The SMILES string of the molecule is CO/N=C/c1ccc(CC(=O)c2cc(NC(=O)C3C(c4cc(Cl)cc(Cl)c4)C3(Cl)Cl)ccc2Cl)c(F)c1. The van der Waals surface area contributed by atoms with E-state index in [9.17, 15) is 14.0 Å². The van der Waals surface area contributed by atoms with Crippen LogP contribution in [0.2, 0.25) is 15.1 Å². The van der Waals surface area contributed by atoms with E-state index in [0.717, 1.165) is 0 Å². The molecule has 1 fully saturated rings. The first-order valence-corrected chi connectivity index (χ1v) is 12.7. The highest BCUT2D eigenvalue weighted by atomic mass is 35.5. The number of hydrogen-bond acceptors (Lipinski definition) is 4. The smallest absolute Gasteiger partial charge is 0.231 e. The highest BCUT2D eigenvalue weighted by molar-refractivity contribution is 6.53. The first-order valence-electron chi connectivity index (χ1n) is 10.8. The van der Waals surface area contributed by atoms with E-state index in [1.807, 2.05) is 0 Å². The summed E-state index contributed by atoms with van der Waals surface area (Å²) in [5.74, 6) is -2.77. The molecule has 0 saturated heterocycles. The minimum absolute atomic E-state index is 0.126. The van der Waals surface area contributed by atoms with Crippen LogP contribution in [0.4, 0.5) is 10.1 Å². The predicted octanol–water partition coefficient (Wildman–Crippen LogP) is 7.72. The van der Waals surface area contributed by atoms with Crippen LogP contribution in [0, 0.1) is 11.7 Å². The third-order valence-electron chi connectivity index (χ3n) is 5.85. The van der Waals surface area contributed by atoms with E-state index in [0.29, 0.717) is 26.9 Å². The molecule has 4 rings (SSSR count). The van der Waals surface area contributed by atoms with E-state index in [4.69, 9.17) is 58.0 Å². The maximum Gasteiger partial charge on any atom is 0.231 e. The molecule has 0 radical (unpaired) electrons. The minimum atomic E-state index is -1.36. The molecule has 0 aromatic heterocycles. The number of nitrogens with zero attached hydrogens (tertiary/aromatic N) is 1. The molecule has 11 heteroatoms. The van der Waals surface area contributed by atoms with Crippen molar-refractivity contribution >= 4 is 81.6 Å². The maximum absolute atomic E-state index is 14.5. The van der Waals surface area contributed by atoms with Gasteiger partial charge in [0.25, 0.3) is 0 Å². The number of rotatable bonds is 8. The van der Waals surface area contributed by atoms with Crippen LogP contribution in [0.5, 0.6) is 0 Å². The number of hydrogen-bond donors (Lipinski definition) is 1. The highest BCUT2D eigenvalue weighted by Crippen LogP contribution is 2.65. The molecule has 0 heterocycles. The Bertz CT molecular complexity index is 1390. The van der Waals surface area contributed by atoms with Crippen molar-refractivity contribution in [3.05, 3.63) is 97.7 Å². The van der Waals surface area contributed by atoms with Crippen LogP contribution < -0.4 is 5.32 Å². The van der Waals surface area contributed by atoms with Crippen LogP contribution >= 0.6 is 58.0 Å². The van der Waals surface area contributed by atoms with Crippen LogP contribution in [0.3, 0.4) is 0 Å². The lowest BCUT2D eigenvalue weighted by Crippen LogP contribution is -2.17. The van der Waals surface area contributed by atoms with Gasteiger partial charge >= 0.3 is 0 Å². The highest BCUT2D eigenvalue weighted by Gasteiger charge is 2.67. The molecule has 3 aromatic rings. The van der Waals surface area contributed by atoms with Crippen molar-refractivity contribution in [1.82, 2.24) is 0 Å². The molecular weight excluding hydrogens is 585 g/mol. The number of anilines is 1. The summed E-state index contributed by atoms with van der Waals surface area (Å²) < 4.78 is 13.2. The topological polar surface area (TPSA) is 67.8 Å². The van der Waals surface area contributed by atoms with E-state index < -0.39 is 33.7 Å². The molecule has 0 bridgehead atoms. The summed E-state index contributed by atoms with van der Waals surface area (Å²) in [5.41, 5.74) is 1.73. The van der Waals surface area contributed by atoms with E-state index in [1.54, 1.807) is 30.3 Å². The first kappa shape index (κ1) is 27.7. The molecule has 37 heavy (non-hydrogen) atoms. The predicted molar refractivity (Wildman–Crippen MR) is 146 cm³/mol. The Morgan fingerprint density at radius 3 is 2.41 bits per heavy atom. The van der Waals surface area contributed by atoms with Gasteiger partial charge in [0.1, 0.15) is 17.3 Å². The summed E-state index contributed by atoms with van der Waals surface area (Å²) in [6, 6.07) is 13.7. The number of Topliss-reactive ketones (excluding diaryl/α,β-unsaturated/α-hetero) is 1. The van der Waals surface area contributed by atoms with Crippen molar-refractivity contribution in [1.29, 1.82) is 0 Å². The molecule has 1 N–H and O–H groups in total. The second-order valence-electron chi connectivity index (χ2n) is 8.38. The lowest BCUT2D eigenvalue weighted by Gasteiger charge is -2.10. The number of carbonyl (C=O) groups is 2. The van der Waals surface area contributed by atoms with Crippen LogP contribution in [-0.2, 0) is 16.1 Å². The Hall–Kier alpha value is -2.35. The number of halogens is 6. The second-order valence-corrected chi connectivity index (χ2v) is 11.1. The Morgan fingerprint density at radius 2 is 1.76 bits per heavy atom. The fourth-order valence-electron chi connectivity index (χ4n) is 4.03. The summed E-state index contributed by atoms with van der Waals surface area (Å²) >= 11 is 31.2. The van der Waals surface area contributed by atoms with Crippen molar-refractivity contribution in [3.63, 3.8) is 0 Å². The van der Waals surface area contributed by atoms with E-state index in [1.165, 1.54) is 37.6 Å². The zero-order valence-corrected chi connectivity index (χ0v) is 22.9. The number of amides is 1. The molecule has 3 aromatic carbocycles. The number of alkyl halides is 2. The van der Waals surface area contributed by atoms with Gasteiger partial charge < -0.3 is 10.2 Å². The summed E-state index contributed by atoms with van der Waals surface area (Å²) in [6.45, 7) is 0. The minimum Gasteiger partial charge on any atom is -0.399 e. The summed E-state index contributed by atoms with van der Waals surface area (Å²) in [6.07, 6.45) is 1.11. The normalized spacial score (nSPS) is 18.0. The van der Waals surface area contributed by atoms with Crippen molar-refractivity contribution in [2.45, 2.75) is 16.7 Å². The molecule has 1 aliphatic rings. The summed E-state index contributed by atoms with van der Waals surface area (Å²) in [7, 11) is 1.38. The molecule has 192 valence electrons. The largest absolute Gasteiger partial charge is 0.399 e. The monoisotopic (exact) mass is 600 g/mol. The first-order chi connectivity index (χ1) is 17.5. The Morgan fingerprint density at radius 1 is 1.05 bits per heavy atom. The number of nitrogens with one attached hydrogen (secondary N) is 1. The summed E-state index contributed by atoms with van der Waals surface area (Å²) in [5, 5.41) is 7.26. The fourth-order valence-corrected chi connectivity index (χ4v) is 5.62. The third-order valence-corrected chi connectivity index (χ3v) is 7.56. The number of ketones is 1. The molecule has 1 saturated carbocycles. The Labute approximate surface area is 237 Å². The van der Waals surface area contributed by atoms with Crippen LogP contribution in [0.1, 0.15) is 33.0 Å². The van der Waals surface area contributed by atoms with Crippen LogP contribution in [-0.4, -0.2) is 29.3 Å². The molecule has 2 unspecified atom stereocenters. The van der Waals surface area contributed by atoms with Crippen molar-refractivity contribution in [2.24, 2.45) is 11.1 Å². The van der Waals surface area contributed by atoms with Crippen molar-refractivity contribution < 1.29 is 18.8 Å². The van der Waals surface area contributed by atoms with Crippen molar-refractivity contribution in [3.8, 4) is 0 Å². The van der Waals surface area contributed by atoms with Crippen molar-refractivity contribution in [2.75, 3.05) is 12.4 Å². The Kier molecular flexibility index (Phi) is 8.36. The van der Waals surface area contributed by atoms with Gasteiger partial charge in [-0.1, -0.05) is 52.1 Å². The van der Waals surface area contributed by atoms with Gasteiger partial charge in [-0.3, -0.25) is 9.59 Å². The van der Waals surface area contributed by atoms with Gasteiger partial charge in [-0.05, 0) is 59.2 Å². The zero-order chi connectivity index (χ0) is 26.9. The van der Waals surface area contributed by atoms with E-state index in [2.05, 4.69) is 15.3 Å². The maximum atomic E-state index is 14.5. The lowest BCUT2D eigenvalue weighted by molar-refractivity contribution is -0.117. The van der Waals surface area contributed by atoms with Gasteiger partial charge in [-0.2, -0.15) is 0 Å². The molecular formula is C26H18Cl5FN2O3. The van der Waals surface area contributed by atoms with Crippen LogP contribution in [0.15, 0.2) is 59.8 Å². The van der Waals surface area contributed by atoms with Gasteiger partial charge in [0.15, 0.2) is 5.78 Å². The molecule has 2 atom stereocenters. The second kappa shape index (κ2) is 11.2. The lowest BCUT2D eigenvalue weighted by atomic mass is 10.0. The van der Waals surface area contributed by atoms with Gasteiger partial charge in [0.05, 0.1) is 17.2 Å². The van der Waals surface area contributed by atoms with Crippen LogP contribution in [0.25, 0.3) is 0 Å². The molecule has 1 aliphatic carbocycles. The average molecular weight is 603 g/mol. The number of benzene rings is 3. The van der Waals surface area contributed by atoms with E-state index in [-0.39, 0.29) is 22.6 Å². The zero-order valence-electron chi connectivity index (χ0n) is 19.1. The molecule has 0 aliphatic heterocycles.